The van der Waals surface area contributed by atoms with E-state index in [1.165, 1.54) is 34.1 Å². The summed E-state index contributed by atoms with van der Waals surface area (Å²) in [4.78, 5) is 43.2. The summed E-state index contributed by atoms with van der Waals surface area (Å²) in [6.07, 6.45) is 2.57. The molecule has 2 aromatic carbocycles. The monoisotopic (exact) mass is 481 g/mol. The normalized spacial score (nSPS) is 22.4. The van der Waals surface area contributed by atoms with Gasteiger partial charge in [0.25, 0.3) is 11.8 Å². The highest BCUT2D eigenvalue weighted by Crippen LogP contribution is 2.23. The molecular formula is C26H32FN5O3. The van der Waals surface area contributed by atoms with Gasteiger partial charge in [0.05, 0.1) is 0 Å². The zero-order chi connectivity index (χ0) is 24.9. The molecule has 1 saturated heterocycles. The highest BCUT2D eigenvalue weighted by molar-refractivity contribution is 6.00. The lowest BCUT2D eigenvalue weighted by molar-refractivity contribution is -0.133. The fourth-order valence-corrected chi connectivity index (χ4v) is 4.74. The van der Waals surface area contributed by atoms with Crippen molar-refractivity contribution in [2.24, 2.45) is 5.73 Å². The topological polar surface area (TPSA) is 108 Å². The number of anilines is 1. The molecule has 35 heavy (non-hydrogen) atoms. The van der Waals surface area contributed by atoms with Gasteiger partial charge in [-0.2, -0.15) is 0 Å². The second kappa shape index (κ2) is 10.9. The molecule has 1 atom stereocenters. The number of aryl methyl sites for hydroxylation is 1. The number of halogens is 1. The molecule has 2 aliphatic rings. The maximum absolute atomic E-state index is 13.6. The zero-order valence-electron chi connectivity index (χ0n) is 19.9. The van der Waals surface area contributed by atoms with E-state index < -0.39 is 18.0 Å². The molecule has 1 heterocycles. The van der Waals surface area contributed by atoms with Crippen LogP contribution in [-0.4, -0.2) is 59.0 Å². The van der Waals surface area contributed by atoms with Gasteiger partial charge in [-0.1, -0.05) is 17.7 Å². The van der Waals surface area contributed by atoms with Gasteiger partial charge in [-0.15, -0.1) is 0 Å². The minimum absolute atomic E-state index is 0.0536. The van der Waals surface area contributed by atoms with Gasteiger partial charge in [-0.25, -0.2) is 9.18 Å². The largest absolute Gasteiger partial charge is 0.350 e. The Kier molecular flexibility index (Phi) is 7.65. The predicted octanol–water partition coefficient (Wildman–Crippen LogP) is 3.23. The van der Waals surface area contributed by atoms with Gasteiger partial charge in [0.2, 0.25) is 0 Å². The van der Waals surface area contributed by atoms with Gasteiger partial charge in [0.1, 0.15) is 5.82 Å². The number of nitrogens with two attached hydrogens (primary N) is 1. The van der Waals surface area contributed by atoms with Crippen molar-refractivity contribution >= 4 is 23.5 Å². The third-order valence-corrected chi connectivity index (χ3v) is 6.62. The van der Waals surface area contributed by atoms with Crippen molar-refractivity contribution in [3.05, 3.63) is 65.5 Å². The molecule has 0 spiro atoms. The van der Waals surface area contributed by atoms with Crippen LogP contribution in [0.4, 0.5) is 14.9 Å². The van der Waals surface area contributed by atoms with Crippen LogP contribution in [0.15, 0.2) is 48.5 Å². The molecule has 0 bridgehead atoms. The number of hydrogen-bond donors (Lipinski definition) is 3. The summed E-state index contributed by atoms with van der Waals surface area (Å²) < 4.78 is 13.3. The maximum Gasteiger partial charge on any atom is 0.323 e. The number of nitrogens with zero attached hydrogens (tertiary/aromatic N) is 2. The van der Waals surface area contributed by atoms with Gasteiger partial charge in [-0.3, -0.25) is 14.5 Å². The first kappa shape index (κ1) is 24.7. The van der Waals surface area contributed by atoms with E-state index in [1.807, 2.05) is 13.0 Å². The number of urea groups is 1. The lowest BCUT2D eigenvalue weighted by atomic mass is 9.91. The molecule has 2 aromatic rings. The lowest BCUT2D eigenvalue weighted by Gasteiger charge is -2.43. The van der Waals surface area contributed by atoms with Crippen molar-refractivity contribution in [2.75, 3.05) is 18.4 Å². The molecular weight excluding hydrogens is 449 g/mol. The highest BCUT2D eigenvalue weighted by atomic mass is 19.1. The Balaban J connectivity index is 1.59. The minimum atomic E-state index is -1.10. The summed E-state index contributed by atoms with van der Waals surface area (Å²) in [5, 5.41) is 5.78. The van der Waals surface area contributed by atoms with Crippen LogP contribution in [0.2, 0.25) is 0 Å². The van der Waals surface area contributed by atoms with Gasteiger partial charge < -0.3 is 21.3 Å². The Morgan fingerprint density at radius 3 is 2.34 bits per heavy atom. The number of benzene rings is 2. The van der Waals surface area contributed by atoms with Gasteiger partial charge >= 0.3 is 6.03 Å². The Labute approximate surface area is 204 Å². The first-order valence-corrected chi connectivity index (χ1v) is 12.1. The van der Waals surface area contributed by atoms with Crippen molar-refractivity contribution < 1.29 is 18.8 Å². The highest BCUT2D eigenvalue weighted by Gasteiger charge is 2.41. The van der Waals surface area contributed by atoms with E-state index in [-0.39, 0.29) is 23.9 Å². The van der Waals surface area contributed by atoms with E-state index >= 15 is 0 Å². The van der Waals surface area contributed by atoms with E-state index in [0.717, 1.165) is 31.2 Å². The van der Waals surface area contributed by atoms with Crippen LogP contribution in [0.5, 0.6) is 0 Å². The third kappa shape index (κ3) is 5.97. The van der Waals surface area contributed by atoms with E-state index in [0.29, 0.717) is 30.8 Å². The van der Waals surface area contributed by atoms with Gasteiger partial charge in [0, 0.05) is 36.4 Å². The molecule has 1 aliphatic carbocycles. The Morgan fingerprint density at radius 2 is 1.66 bits per heavy atom. The van der Waals surface area contributed by atoms with Crippen molar-refractivity contribution in [1.82, 2.24) is 15.1 Å². The number of nitrogens with one attached hydrogen (secondary N) is 2. The predicted molar refractivity (Wildman–Crippen MR) is 131 cm³/mol. The summed E-state index contributed by atoms with van der Waals surface area (Å²) in [5.74, 6) is -1.11. The van der Waals surface area contributed by atoms with Crippen LogP contribution in [0, 0.1) is 12.7 Å². The number of amides is 4. The fourth-order valence-electron chi connectivity index (χ4n) is 4.74. The summed E-state index contributed by atoms with van der Waals surface area (Å²) in [6.45, 7) is 2.55. The van der Waals surface area contributed by atoms with Gasteiger partial charge in [0.15, 0.2) is 6.17 Å². The average Bonchev–Trinajstić information content (AvgIpc) is 2.86. The van der Waals surface area contributed by atoms with Crippen molar-refractivity contribution in [2.45, 2.75) is 57.3 Å². The quantitative estimate of drug-likeness (QED) is 0.623. The Bertz CT molecular complexity index is 1070. The van der Waals surface area contributed by atoms with Crippen molar-refractivity contribution in [3.8, 4) is 0 Å². The molecule has 2 fully saturated rings. The fraction of sp³-hybridized carbons (Fsp3) is 0.423. The smallest absolute Gasteiger partial charge is 0.323 e. The van der Waals surface area contributed by atoms with Crippen LogP contribution in [0.3, 0.4) is 0 Å². The molecule has 1 saturated carbocycles. The Hall–Kier alpha value is -3.46. The van der Waals surface area contributed by atoms with E-state index in [9.17, 15) is 18.8 Å². The lowest BCUT2D eigenvalue weighted by Crippen LogP contribution is -2.65. The van der Waals surface area contributed by atoms with Crippen LogP contribution >= 0.6 is 0 Å². The summed E-state index contributed by atoms with van der Waals surface area (Å²) >= 11 is 0. The number of carbonyl (C=O) groups excluding carboxylic acids is 3. The van der Waals surface area contributed by atoms with E-state index in [2.05, 4.69) is 10.6 Å². The average molecular weight is 482 g/mol. The first-order valence-electron chi connectivity index (χ1n) is 12.1. The van der Waals surface area contributed by atoms with Crippen molar-refractivity contribution in [1.29, 1.82) is 0 Å². The van der Waals surface area contributed by atoms with Crippen LogP contribution < -0.4 is 16.4 Å². The molecule has 4 amide bonds. The molecule has 4 N–H and O–H groups in total. The molecule has 0 aromatic heterocycles. The molecule has 4 rings (SSSR count). The summed E-state index contributed by atoms with van der Waals surface area (Å²) in [6, 6.07) is 12.1. The summed E-state index contributed by atoms with van der Waals surface area (Å²) in [5.41, 5.74) is 7.80. The molecule has 1 unspecified atom stereocenters. The minimum Gasteiger partial charge on any atom is -0.350 e. The van der Waals surface area contributed by atoms with Crippen LogP contribution in [0.1, 0.15) is 48.0 Å². The standard InChI is InChI=1S/C26H32FN5O3/c1-17-4-2-5-18(16-17)25(34)31-14-3-15-32(26(35)30-22-10-6-19(27)7-11-22)24(31)23(33)29-21-12-8-20(28)9-13-21/h2,4-7,10-11,16,20-21,24H,3,8-9,12-15,28H2,1H3,(H,29,33)(H,30,35). The number of hydrogen-bond acceptors (Lipinski definition) is 4. The SMILES string of the molecule is Cc1cccc(C(=O)N2CCCN(C(=O)Nc3ccc(F)cc3)C2C(=O)NC2CCC(N)CC2)c1. The third-order valence-electron chi connectivity index (χ3n) is 6.62. The molecule has 0 radical (unpaired) electrons. The summed E-state index contributed by atoms with van der Waals surface area (Å²) in [7, 11) is 0. The second-order valence-corrected chi connectivity index (χ2v) is 9.35. The number of rotatable bonds is 4. The first-order chi connectivity index (χ1) is 16.8. The second-order valence-electron chi connectivity index (χ2n) is 9.35. The van der Waals surface area contributed by atoms with Crippen molar-refractivity contribution in [3.63, 3.8) is 0 Å². The van der Waals surface area contributed by atoms with E-state index in [4.69, 9.17) is 5.73 Å². The molecule has 186 valence electrons. The molecule has 8 nitrogen and oxygen atoms in total. The van der Waals surface area contributed by atoms with E-state index in [1.54, 1.807) is 18.2 Å². The Morgan fingerprint density at radius 1 is 0.971 bits per heavy atom. The zero-order valence-corrected chi connectivity index (χ0v) is 19.9. The molecule has 9 heteroatoms. The number of carbonyl (C=O) groups is 3. The molecule has 1 aliphatic heterocycles. The van der Waals surface area contributed by atoms with Crippen LogP contribution in [-0.2, 0) is 4.79 Å². The maximum atomic E-state index is 13.6. The van der Waals surface area contributed by atoms with Crippen LogP contribution in [0.25, 0.3) is 0 Å². The van der Waals surface area contributed by atoms with Gasteiger partial charge in [-0.05, 0) is 75.4 Å².